The molecular weight excluding hydrogens is 292 g/mol. The van der Waals surface area contributed by atoms with Gasteiger partial charge in [0.25, 0.3) is 0 Å². The predicted molar refractivity (Wildman–Crippen MR) is 36.1 cm³/mol. The van der Waals surface area contributed by atoms with Gasteiger partial charge in [0, 0.05) is 0 Å². The van der Waals surface area contributed by atoms with Gasteiger partial charge in [0.15, 0.2) is 0 Å². The molecule has 0 saturated carbocycles. The number of rotatable bonds is 5. The molecule has 0 spiro atoms. The van der Waals surface area contributed by atoms with Gasteiger partial charge in [-0.25, -0.2) is 0 Å². The van der Waals surface area contributed by atoms with Crippen LogP contribution in [0.4, 0.5) is 0 Å². The van der Waals surface area contributed by atoms with Crippen LogP contribution in [0.2, 0.25) is 0 Å². The van der Waals surface area contributed by atoms with Crippen LogP contribution in [0.15, 0.2) is 0 Å². The third-order valence-electron chi connectivity index (χ3n) is 1.50. The summed E-state index contributed by atoms with van der Waals surface area (Å²) in [4.78, 5) is 9.98. The molecule has 0 fully saturated rings. The Morgan fingerprint density at radius 1 is 1.14 bits per heavy atom. The average Bonchev–Trinajstić information content (AvgIpc) is 2.12. The Morgan fingerprint density at radius 2 is 1.57 bits per heavy atom. The summed E-state index contributed by atoms with van der Waals surface area (Å²) >= 11 is 0. The van der Waals surface area contributed by atoms with Gasteiger partial charge in [0.05, 0.1) is 12.6 Å². The minimum atomic E-state index is -2.31. The van der Waals surface area contributed by atoms with Crippen molar-refractivity contribution in [3.8, 4) is 0 Å². The minimum Gasteiger partial charge on any atom is -0.547 e. The number of carbonyl (C=O) groups is 1. The van der Waals surface area contributed by atoms with Gasteiger partial charge in [0.1, 0.15) is 24.4 Å². The Morgan fingerprint density at radius 3 is 1.86 bits per heavy atom. The summed E-state index contributed by atoms with van der Waals surface area (Å²) in [6, 6.07) is 0. The van der Waals surface area contributed by atoms with E-state index in [4.69, 9.17) is 25.5 Å². The Labute approximate surface area is 95.1 Å². The number of hydrogen-bond donors (Lipinski definition) is 5. The molecule has 4 atom stereocenters. The first-order valence-corrected chi connectivity index (χ1v) is 3.45. The summed E-state index contributed by atoms with van der Waals surface area (Å²) in [5, 5.41) is 53.4. The van der Waals surface area contributed by atoms with E-state index in [0.717, 1.165) is 0 Å². The van der Waals surface area contributed by atoms with E-state index in [1.165, 1.54) is 0 Å². The maximum absolute atomic E-state index is 9.98. The fourth-order valence-corrected chi connectivity index (χ4v) is 0.662. The molecule has 8 heteroatoms. The van der Waals surface area contributed by atoms with E-state index in [1.807, 2.05) is 0 Å². The molecule has 0 aromatic heterocycles. The van der Waals surface area contributed by atoms with Crippen molar-refractivity contribution >= 4 is 5.97 Å². The number of carboxylic acids is 1. The first kappa shape index (κ1) is 16.4. The third-order valence-corrected chi connectivity index (χ3v) is 1.50. The second kappa shape index (κ2) is 7.32. The van der Waals surface area contributed by atoms with Crippen LogP contribution < -0.4 is 5.11 Å². The number of aliphatic hydroxyl groups excluding tert-OH is 5. The molecule has 0 amide bonds. The van der Waals surface area contributed by atoms with Crippen molar-refractivity contribution in [2.75, 3.05) is 6.61 Å². The van der Waals surface area contributed by atoms with Gasteiger partial charge in [-0.05, 0) is 0 Å². The minimum absolute atomic E-state index is 0. The molecular formula is C6H11AgO7. The summed E-state index contributed by atoms with van der Waals surface area (Å²) in [5.41, 5.74) is 0. The van der Waals surface area contributed by atoms with Crippen molar-refractivity contribution in [1.82, 2.24) is 0 Å². The van der Waals surface area contributed by atoms with E-state index in [0.29, 0.717) is 0 Å². The van der Waals surface area contributed by atoms with Gasteiger partial charge in [-0.15, -0.1) is 0 Å². The molecule has 5 N–H and O–H groups in total. The number of aliphatic carboxylic acids is 1. The molecule has 0 radical (unpaired) electrons. The first-order chi connectivity index (χ1) is 5.91. The maximum Gasteiger partial charge on any atom is 1.00 e. The number of hydrogen-bond acceptors (Lipinski definition) is 7. The van der Waals surface area contributed by atoms with Crippen molar-refractivity contribution in [3.05, 3.63) is 0 Å². The molecule has 14 heavy (non-hydrogen) atoms. The summed E-state index contributed by atoms with van der Waals surface area (Å²) in [5.74, 6) is -1.98. The van der Waals surface area contributed by atoms with Gasteiger partial charge < -0.3 is 35.4 Å². The fourth-order valence-electron chi connectivity index (χ4n) is 0.662. The third kappa shape index (κ3) is 4.49. The van der Waals surface area contributed by atoms with Crippen LogP contribution in [0.1, 0.15) is 0 Å². The van der Waals surface area contributed by atoms with Gasteiger partial charge in [0.2, 0.25) is 0 Å². The molecule has 0 rings (SSSR count). The van der Waals surface area contributed by atoms with Crippen molar-refractivity contribution in [3.63, 3.8) is 0 Å². The maximum atomic E-state index is 9.98. The molecule has 0 aliphatic rings. The topological polar surface area (TPSA) is 141 Å². The predicted octanol–water partition coefficient (Wildman–Crippen LogP) is -4.83. The number of carboxylic acid groups (broad SMARTS) is 1. The molecule has 0 aromatic rings. The van der Waals surface area contributed by atoms with Gasteiger partial charge in [-0.1, -0.05) is 0 Å². The second-order valence-electron chi connectivity index (χ2n) is 2.49. The Bertz CT molecular complexity index is 176. The Hall–Kier alpha value is 0.0103. The molecule has 0 heterocycles. The standard InChI is InChI=1S/C6H12O7.Ag/c7-1-2(8)3(9)4(10)5(11)6(12)13;/h2-5,7-11H,1H2,(H,12,13);/q;+1/p-1/t2-,3-,4+,5-;/m1./s1. The van der Waals surface area contributed by atoms with Crippen LogP contribution in [0.5, 0.6) is 0 Å². The molecule has 0 bridgehead atoms. The normalized spacial score (nSPS) is 18.9. The zero-order valence-electron chi connectivity index (χ0n) is 6.87. The molecule has 7 nitrogen and oxygen atoms in total. The summed E-state index contributed by atoms with van der Waals surface area (Å²) in [7, 11) is 0. The summed E-state index contributed by atoms with van der Waals surface area (Å²) in [6.45, 7) is -0.863. The van der Waals surface area contributed by atoms with Crippen molar-refractivity contribution in [2.45, 2.75) is 24.4 Å². The van der Waals surface area contributed by atoms with Gasteiger partial charge in [-0.2, -0.15) is 0 Å². The molecule has 0 aliphatic carbocycles. The second-order valence-corrected chi connectivity index (χ2v) is 2.49. The molecule has 0 saturated heterocycles. The van der Waals surface area contributed by atoms with E-state index >= 15 is 0 Å². The van der Waals surface area contributed by atoms with Crippen molar-refractivity contribution in [1.29, 1.82) is 0 Å². The summed E-state index contributed by atoms with van der Waals surface area (Å²) in [6.07, 6.45) is -8.08. The van der Waals surface area contributed by atoms with Crippen molar-refractivity contribution < 1.29 is 57.8 Å². The SMILES string of the molecule is O=C([O-])[C@H](O)[C@@H](O)[C@H](O)[C@H](O)CO.[Ag+]. The van der Waals surface area contributed by atoms with Crippen LogP contribution in [-0.2, 0) is 27.2 Å². The molecule has 0 aromatic carbocycles. The summed E-state index contributed by atoms with van der Waals surface area (Å²) < 4.78 is 0. The molecule has 0 aliphatic heterocycles. The largest absolute Gasteiger partial charge is 1.00 e. The zero-order valence-corrected chi connectivity index (χ0v) is 8.35. The van der Waals surface area contributed by atoms with E-state index in [9.17, 15) is 9.90 Å². The van der Waals surface area contributed by atoms with Gasteiger partial charge in [-0.3, -0.25) is 0 Å². The fraction of sp³-hybridized carbons (Fsp3) is 0.833. The van der Waals surface area contributed by atoms with Gasteiger partial charge >= 0.3 is 22.4 Å². The zero-order chi connectivity index (χ0) is 10.6. The van der Waals surface area contributed by atoms with E-state index < -0.39 is 37.0 Å². The molecule has 88 valence electrons. The molecule has 0 unspecified atom stereocenters. The Balaban J connectivity index is 0. The quantitative estimate of drug-likeness (QED) is 0.321. The monoisotopic (exact) mass is 302 g/mol. The van der Waals surface area contributed by atoms with Crippen LogP contribution in [0, 0.1) is 0 Å². The van der Waals surface area contributed by atoms with Crippen LogP contribution in [0.25, 0.3) is 0 Å². The smallest absolute Gasteiger partial charge is 0.547 e. The van der Waals surface area contributed by atoms with Crippen molar-refractivity contribution in [2.24, 2.45) is 0 Å². The van der Waals surface area contributed by atoms with Crippen LogP contribution >= 0.6 is 0 Å². The van der Waals surface area contributed by atoms with Crippen LogP contribution in [0.3, 0.4) is 0 Å². The average molecular weight is 303 g/mol. The Kier molecular flexibility index (Phi) is 8.60. The first-order valence-electron chi connectivity index (χ1n) is 3.45. The number of aliphatic hydroxyl groups is 5. The number of carbonyl (C=O) groups excluding carboxylic acids is 1. The van der Waals surface area contributed by atoms with E-state index in [1.54, 1.807) is 0 Å². The van der Waals surface area contributed by atoms with E-state index in [2.05, 4.69) is 0 Å². The van der Waals surface area contributed by atoms with E-state index in [-0.39, 0.29) is 22.4 Å². The van der Waals surface area contributed by atoms with Crippen LogP contribution in [-0.4, -0.2) is 62.5 Å².